The molecule has 1 aromatic carbocycles. The van der Waals surface area contributed by atoms with Gasteiger partial charge in [0.15, 0.2) is 0 Å². The molecule has 0 saturated heterocycles. The van der Waals surface area contributed by atoms with Gasteiger partial charge in [-0.1, -0.05) is 38.5 Å². The van der Waals surface area contributed by atoms with Gasteiger partial charge in [-0.2, -0.15) is 5.10 Å². The van der Waals surface area contributed by atoms with Crippen LogP contribution in [0, 0.1) is 5.92 Å². The number of rotatable bonds is 8. The molecule has 2 aromatic rings. The Morgan fingerprint density at radius 1 is 1.35 bits per heavy atom. The molecule has 1 heterocycles. The number of para-hydroxylation sites is 1. The monoisotopic (exact) mass is 275 g/mol. The van der Waals surface area contributed by atoms with Crippen LogP contribution in [-0.4, -0.2) is 30.0 Å². The van der Waals surface area contributed by atoms with E-state index >= 15 is 0 Å². The normalized spacial score (nSPS) is 12.9. The summed E-state index contributed by atoms with van der Waals surface area (Å²) in [7, 11) is 1.72. The number of fused-ring (bicyclic) bond motifs is 1. The zero-order valence-electron chi connectivity index (χ0n) is 12.7. The fraction of sp³-hybridized carbons (Fsp3) is 0.562. The van der Waals surface area contributed by atoms with Crippen molar-refractivity contribution in [2.24, 2.45) is 5.92 Å². The van der Waals surface area contributed by atoms with Gasteiger partial charge in [0.1, 0.15) is 0 Å². The van der Waals surface area contributed by atoms with Gasteiger partial charge < -0.3 is 10.1 Å². The van der Waals surface area contributed by atoms with E-state index in [1.54, 1.807) is 7.11 Å². The van der Waals surface area contributed by atoms with Crippen LogP contribution in [-0.2, 0) is 17.8 Å². The largest absolute Gasteiger partial charge is 0.383 e. The molecule has 0 saturated carbocycles. The van der Waals surface area contributed by atoms with Crippen molar-refractivity contribution in [3.8, 4) is 0 Å². The third-order valence-corrected chi connectivity index (χ3v) is 3.69. The van der Waals surface area contributed by atoms with Crippen molar-refractivity contribution in [3.05, 3.63) is 30.0 Å². The SMILES string of the molecule is CCC(C)Cn1nc(CNCCOC)c2ccccc21. The fourth-order valence-electron chi connectivity index (χ4n) is 2.27. The highest BCUT2D eigenvalue weighted by Gasteiger charge is 2.11. The average molecular weight is 275 g/mol. The number of nitrogens with zero attached hydrogens (tertiary/aromatic N) is 2. The number of methoxy groups -OCH3 is 1. The van der Waals surface area contributed by atoms with Gasteiger partial charge in [-0.25, -0.2) is 0 Å². The van der Waals surface area contributed by atoms with Crippen LogP contribution in [0.15, 0.2) is 24.3 Å². The second-order valence-corrected chi connectivity index (χ2v) is 5.33. The van der Waals surface area contributed by atoms with Crippen molar-refractivity contribution in [2.45, 2.75) is 33.4 Å². The summed E-state index contributed by atoms with van der Waals surface area (Å²) in [6, 6.07) is 8.47. The third-order valence-electron chi connectivity index (χ3n) is 3.69. The van der Waals surface area contributed by atoms with Crippen molar-refractivity contribution >= 4 is 10.9 Å². The van der Waals surface area contributed by atoms with E-state index in [-0.39, 0.29) is 0 Å². The Balaban J connectivity index is 2.17. The van der Waals surface area contributed by atoms with Crippen LogP contribution >= 0.6 is 0 Å². The quantitative estimate of drug-likeness (QED) is 0.753. The summed E-state index contributed by atoms with van der Waals surface area (Å²) in [6.45, 7) is 7.84. The summed E-state index contributed by atoms with van der Waals surface area (Å²) in [4.78, 5) is 0. The van der Waals surface area contributed by atoms with Crippen LogP contribution < -0.4 is 5.32 Å². The van der Waals surface area contributed by atoms with E-state index in [1.165, 1.54) is 17.3 Å². The second kappa shape index (κ2) is 7.41. The second-order valence-electron chi connectivity index (χ2n) is 5.33. The molecule has 1 N–H and O–H groups in total. The fourth-order valence-corrected chi connectivity index (χ4v) is 2.27. The average Bonchev–Trinajstić information content (AvgIpc) is 2.82. The van der Waals surface area contributed by atoms with Gasteiger partial charge in [0.25, 0.3) is 0 Å². The highest BCUT2D eigenvalue weighted by atomic mass is 16.5. The smallest absolute Gasteiger partial charge is 0.0841 e. The van der Waals surface area contributed by atoms with E-state index in [4.69, 9.17) is 9.84 Å². The molecule has 110 valence electrons. The minimum Gasteiger partial charge on any atom is -0.383 e. The predicted molar refractivity (Wildman–Crippen MR) is 82.8 cm³/mol. The van der Waals surface area contributed by atoms with Crippen molar-refractivity contribution < 1.29 is 4.74 Å². The van der Waals surface area contributed by atoms with Gasteiger partial charge >= 0.3 is 0 Å². The Bertz CT molecular complexity index is 536. The summed E-state index contributed by atoms with van der Waals surface area (Å²) in [6.07, 6.45) is 1.18. The summed E-state index contributed by atoms with van der Waals surface area (Å²) in [5.41, 5.74) is 2.36. The van der Waals surface area contributed by atoms with Crippen LogP contribution in [0.2, 0.25) is 0 Å². The summed E-state index contributed by atoms with van der Waals surface area (Å²) >= 11 is 0. The first-order chi connectivity index (χ1) is 9.76. The highest BCUT2D eigenvalue weighted by Crippen LogP contribution is 2.20. The number of hydrogen-bond donors (Lipinski definition) is 1. The minimum atomic E-state index is 0.646. The Kier molecular flexibility index (Phi) is 5.56. The summed E-state index contributed by atoms with van der Waals surface area (Å²) < 4.78 is 7.20. The minimum absolute atomic E-state index is 0.646. The molecular weight excluding hydrogens is 250 g/mol. The number of nitrogens with one attached hydrogen (secondary N) is 1. The predicted octanol–water partition coefficient (Wildman–Crippen LogP) is 2.82. The van der Waals surface area contributed by atoms with E-state index in [0.717, 1.165) is 31.9 Å². The Morgan fingerprint density at radius 2 is 2.15 bits per heavy atom. The van der Waals surface area contributed by atoms with E-state index < -0.39 is 0 Å². The maximum absolute atomic E-state index is 5.05. The van der Waals surface area contributed by atoms with Crippen molar-refractivity contribution in [1.82, 2.24) is 15.1 Å². The molecule has 4 nitrogen and oxygen atoms in total. The van der Waals surface area contributed by atoms with E-state index in [2.05, 4.69) is 48.1 Å². The maximum Gasteiger partial charge on any atom is 0.0841 e. The first-order valence-corrected chi connectivity index (χ1v) is 7.40. The van der Waals surface area contributed by atoms with Crippen molar-refractivity contribution in [2.75, 3.05) is 20.3 Å². The van der Waals surface area contributed by atoms with E-state index in [0.29, 0.717) is 5.92 Å². The van der Waals surface area contributed by atoms with Crippen LogP contribution in [0.3, 0.4) is 0 Å². The molecule has 20 heavy (non-hydrogen) atoms. The lowest BCUT2D eigenvalue weighted by molar-refractivity contribution is 0.199. The van der Waals surface area contributed by atoms with Gasteiger partial charge in [-0.05, 0) is 12.0 Å². The van der Waals surface area contributed by atoms with Gasteiger partial charge in [0.2, 0.25) is 0 Å². The van der Waals surface area contributed by atoms with Gasteiger partial charge in [-0.3, -0.25) is 4.68 Å². The summed E-state index contributed by atoms with van der Waals surface area (Å²) in [5, 5.41) is 9.41. The maximum atomic E-state index is 5.05. The molecule has 0 aliphatic rings. The molecule has 4 heteroatoms. The molecule has 0 radical (unpaired) electrons. The number of ether oxygens (including phenoxy) is 1. The Labute approximate surface area is 121 Å². The van der Waals surface area contributed by atoms with Gasteiger partial charge in [0.05, 0.1) is 17.8 Å². The number of aromatic nitrogens is 2. The summed E-state index contributed by atoms with van der Waals surface area (Å²) in [5.74, 6) is 0.646. The van der Waals surface area contributed by atoms with Crippen LogP contribution in [0.25, 0.3) is 10.9 Å². The third kappa shape index (κ3) is 3.58. The lowest BCUT2D eigenvalue weighted by atomic mass is 10.1. The lowest BCUT2D eigenvalue weighted by Crippen LogP contribution is -2.19. The molecule has 0 amide bonds. The van der Waals surface area contributed by atoms with Crippen LogP contribution in [0.1, 0.15) is 26.0 Å². The van der Waals surface area contributed by atoms with E-state index in [9.17, 15) is 0 Å². The molecule has 2 rings (SSSR count). The van der Waals surface area contributed by atoms with Crippen molar-refractivity contribution in [3.63, 3.8) is 0 Å². The zero-order chi connectivity index (χ0) is 14.4. The van der Waals surface area contributed by atoms with Gasteiger partial charge in [0, 0.05) is 32.1 Å². The van der Waals surface area contributed by atoms with E-state index in [1.807, 2.05) is 0 Å². The molecule has 1 aromatic heterocycles. The molecule has 0 aliphatic heterocycles. The van der Waals surface area contributed by atoms with Crippen LogP contribution in [0.5, 0.6) is 0 Å². The molecule has 0 fully saturated rings. The Hall–Kier alpha value is -1.39. The first kappa shape index (κ1) is 15.0. The number of benzene rings is 1. The van der Waals surface area contributed by atoms with Gasteiger partial charge in [-0.15, -0.1) is 0 Å². The standard InChI is InChI=1S/C16H25N3O/c1-4-13(2)12-19-16-8-6-5-7-14(16)15(18-19)11-17-9-10-20-3/h5-8,13,17H,4,9-12H2,1-3H3. The molecule has 0 aliphatic carbocycles. The first-order valence-electron chi connectivity index (χ1n) is 7.40. The Morgan fingerprint density at radius 3 is 2.90 bits per heavy atom. The highest BCUT2D eigenvalue weighted by molar-refractivity contribution is 5.81. The molecule has 1 atom stereocenters. The van der Waals surface area contributed by atoms with Crippen LogP contribution in [0.4, 0.5) is 0 Å². The zero-order valence-corrected chi connectivity index (χ0v) is 12.7. The lowest BCUT2D eigenvalue weighted by Gasteiger charge is -2.09. The topological polar surface area (TPSA) is 39.1 Å². The molecule has 1 unspecified atom stereocenters. The molecular formula is C16H25N3O. The van der Waals surface area contributed by atoms with Crippen molar-refractivity contribution in [1.29, 1.82) is 0 Å². The molecule has 0 bridgehead atoms. The molecule has 0 spiro atoms. The number of hydrogen-bond acceptors (Lipinski definition) is 3.